The van der Waals surface area contributed by atoms with E-state index in [0.29, 0.717) is 18.0 Å². The molecular formula is C16H22N2O3S. The van der Waals surface area contributed by atoms with Gasteiger partial charge in [-0.25, -0.2) is 13.1 Å². The first-order valence-electron chi connectivity index (χ1n) is 7.46. The topological polar surface area (TPSA) is 75.3 Å². The number of anilines is 1. The zero-order valence-electron chi connectivity index (χ0n) is 12.9. The van der Waals surface area contributed by atoms with E-state index in [-0.39, 0.29) is 16.8 Å². The molecule has 0 radical (unpaired) electrons. The van der Waals surface area contributed by atoms with Crippen molar-refractivity contribution in [2.45, 2.75) is 44.0 Å². The van der Waals surface area contributed by atoms with E-state index in [9.17, 15) is 13.2 Å². The van der Waals surface area contributed by atoms with Gasteiger partial charge < -0.3 is 5.32 Å². The van der Waals surface area contributed by atoms with Gasteiger partial charge in [0.2, 0.25) is 15.9 Å². The predicted molar refractivity (Wildman–Crippen MR) is 87.0 cm³/mol. The lowest BCUT2D eigenvalue weighted by atomic mass is 10.1. The number of allylic oxidation sites excluding steroid dienone is 2. The van der Waals surface area contributed by atoms with Gasteiger partial charge in [0.1, 0.15) is 0 Å². The molecule has 0 aliphatic heterocycles. The largest absolute Gasteiger partial charge is 0.326 e. The number of carbonyl (C=O) groups excluding carboxylic acids is 1. The Hall–Kier alpha value is -1.66. The van der Waals surface area contributed by atoms with E-state index in [1.165, 1.54) is 12.1 Å². The lowest BCUT2D eigenvalue weighted by molar-refractivity contribution is -0.116. The number of benzene rings is 1. The molecule has 0 bridgehead atoms. The zero-order chi connectivity index (χ0) is 16.2. The molecule has 6 heteroatoms. The van der Waals surface area contributed by atoms with E-state index in [4.69, 9.17) is 0 Å². The van der Waals surface area contributed by atoms with Crippen molar-refractivity contribution < 1.29 is 13.2 Å². The molecule has 1 aromatic carbocycles. The van der Waals surface area contributed by atoms with Crippen molar-refractivity contribution in [2.24, 2.45) is 5.92 Å². The van der Waals surface area contributed by atoms with Crippen LogP contribution in [0.5, 0.6) is 0 Å². The van der Waals surface area contributed by atoms with E-state index < -0.39 is 10.0 Å². The lowest BCUT2D eigenvalue weighted by Gasteiger charge is -2.11. The molecule has 1 aliphatic carbocycles. The Kier molecular flexibility index (Phi) is 5.37. The third-order valence-corrected chi connectivity index (χ3v) is 5.07. The van der Waals surface area contributed by atoms with Crippen LogP contribution in [0.15, 0.2) is 41.3 Å². The maximum Gasteiger partial charge on any atom is 0.240 e. The lowest BCUT2D eigenvalue weighted by Crippen LogP contribution is -2.30. The van der Waals surface area contributed by atoms with Crippen molar-refractivity contribution in [3.63, 3.8) is 0 Å². The summed E-state index contributed by atoms with van der Waals surface area (Å²) >= 11 is 0. The van der Waals surface area contributed by atoms with Gasteiger partial charge in [0, 0.05) is 18.2 Å². The summed E-state index contributed by atoms with van der Waals surface area (Å²) in [6, 6.07) is 6.05. The van der Waals surface area contributed by atoms with Gasteiger partial charge in [-0.05, 0) is 56.9 Å². The van der Waals surface area contributed by atoms with E-state index in [0.717, 1.165) is 12.8 Å². The van der Waals surface area contributed by atoms with Crippen molar-refractivity contribution in [2.75, 3.05) is 5.32 Å². The first-order valence-corrected chi connectivity index (χ1v) is 8.94. The highest BCUT2D eigenvalue weighted by molar-refractivity contribution is 7.89. The Balaban J connectivity index is 1.96. The normalized spacial score (nSPS) is 17.9. The quantitative estimate of drug-likeness (QED) is 0.791. The van der Waals surface area contributed by atoms with Crippen LogP contribution in [-0.4, -0.2) is 20.4 Å². The molecule has 2 N–H and O–H groups in total. The summed E-state index contributed by atoms with van der Waals surface area (Å²) in [4.78, 5) is 12.1. The Morgan fingerprint density at radius 3 is 2.50 bits per heavy atom. The van der Waals surface area contributed by atoms with Crippen LogP contribution < -0.4 is 10.0 Å². The summed E-state index contributed by atoms with van der Waals surface area (Å²) in [7, 11) is -3.50. The Morgan fingerprint density at radius 2 is 1.95 bits per heavy atom. The number of nitrogens with one attached hydrogen (secondary N) is 2. The average Bonchev–Trinajstić information content (AvgIpc) is 2.90. The van der Waals surface area contributed by atoms with Gasteiger partial charge in [0.05, 0.1) is 4.90 Å². The van der Waals surface area contributed by atoms with Crippen LogP contribution in [0.25, 0.3) is 0 Å². The second-order valence-corrected chi connectivity index (χ2v) is 7.53. The van der Waals surface area contributed by atoms with Crippen LogP contribution in [0.4, 0.5) is 5.69 Å². The molecule has 0 unspecified atom stereocenters. The van der Waals surface area contributed by atoms with Crippen LogP contribution in [0.1, 0.15) is 33.1 Å². The molecule has 1 amide bonds. The van der Waals surface area contributed by atoms with Crippen molar-refractivity contribution in [1.82, 2.24) is 4.72 Å². The molecule has 0 fully saturated rings. The average molecular weight is 322 g/mol. The minimum Gasteiger partial charge on any atom is -0.326 e. The third kappa shape index (κ3) is 4.68. The summed E-state index contributed by atoms with van der Waals surface area (Å²) in [6.07, 6.45) is 6.69. The van der Waals surface area contributed by atoms with Crippen molar-refractivity contribution >= 4 is 21.6 Å². The minimum atomic E-state index is -3.50. The highest BCUT2D eigenvalue weighted by atomic mass is 32.2. The zero-order valence-corrected chi connectivity index (χ0v) is 13.7. The molecule has 1 aromatic rings. The maximum absolute atomic E-state index is 12.0. The second kappa shape index (κ2) is 7.07. The maximum atomic E-state index is 12.0. The van der Waals surface area contributed by atoms with Crippen LogP contribution in [0, 0.1) is 5.92 Å². The highest BCUT2D eigenvalue weighted by Gasteiger charge is 2.16. The summed E-state index contributed by atoms with van der Waals surface area (Å²) in [5, 5.41) is 2.80. The summed E-state index contributed by atoms with van der Waals surface area (Å²) < 4.78 is 26.5. The van der Waals surface area contributed by atoms with Gasteiger partial charge in [-0.3, -0.25) is 4.79 Å². The van der Waals surface area contributed by atoms with E-state index >= 15 is 0 Å². The first-order chi connectivity index (χ1) is 10.4. The number of amides is 1. The Bertz CT molecular complexity index is 648. The number of hydrogen-bond donors (Lipinski definition) is 2. The third-order valence-electron chi connectivity index (χ3n) is 3.40. The monoisotopic (exact) mass is 322 g/mol. The molecule has 1 aliphatic rings. The van der Waals surface area contributed by atoms with Crippen LogP contribution >= 0.6 is 0 Å². The van der Waals surface area contributed by atoms with Crippen molar-refractivity contribution in [1.29, 1.82) is 0 Å². The van der Waals surface area contributed by atoms with Gasteiger partial charge in [0.15, 0.2) is 0 Å². The van der Waals surface area contributed by atoms with Gasteiger partial charge in [-0.2, -0.15) is 0 Å². The molecule has 2 rings (SSSR count). The first kappa shape index (κ1) is 16.7. The molecule has 5 nitrogen and oxygen atoms in total. The summed E-state index contributed by atoms with van der Waals surface area (Å²) in [6.45, 7) is 3.53. The van der Waals surface area contributed by atoms with Gasteiger partial charge >= 0.3 is 0 Å². The number of rotatable bonds is 6. The fourth-order valence-electron chi connectivity index (χ4n) is 2.41. The van der Waals surface area contributed by atoms with Crippen LogP contribution in [0.3, 0.4) is 0 Å². The van der Waals surface area contributed by atoms with Crippen molar-refractivity contribution in [3.8, 4) is 0 Å². The fraction of sp³-hybridized carbons (Fsp3) is 0.438. The van der Waals surface area contributed by atoms with Gasteiger partial charge in [-0.1, -0.05) is 12.2 Å². The molecular weight excluding hydrogens is 300 g/mol. The molecule has 1 atom stereocenters. The number of hydrogen-bond acceptors (Lipinski definition) is 3. The molecule has 0 heterocycles. The van der Waals surface area contributed by atoms with Crippen LogP contribution in [0.2, 0.25) is 0 Å². The predicted octanol–water partition coefficient (Wildman–Crippen LogP) is 2.67. The molecule has 0 spiro atoms. The number of carbonyl (C=O) groups is 1. The molecule has 0 aromatic heterocycles. The standard InChI is InChI=1S/C16H22N2O3S/c1-12(2)18-22(20,21)15-9-7-14(8-10-15)17-16(19)11-13-5-3-4-6-13/h3,5,7-10,12-13,18H,4,6,11H2,1-2H3,(H,17,19)/t13-/m0/s1. The second-order valence-electron chi connectivity index (χ2n) is 5.82. The SMILES string of the molecule is CC(C)NS(=O)(=O)c1ccc(NC(=O)C[C@H]2C=CCC2)cc1. The van der Waals surface area contributed by atoms with Crippen LogP contribution in [-0.2, 0) is 14.8 Å². The number of sulfonamides is 1. The van der Waals surface area contributed by atoms with Gasteiger partial charge in [-0.15, -0.1) is 0 Å². The Morgan fingerprint density at radius 1 is 1.27 bits per heavy atom. The van der Waals surface area contributed by atoms with E-state index in [1.807, 2.05) is 0 Å². The van der Waals surface area contributed by atoms with E-state index in [2.05, 4.69) is 22.2 Å². The van der Waals surface area contributed by atoms with E-state index in [1.54, 1.807) is 26.0 Å². The van der Waals surface area contributed by atoms with Gasteiger partial charge in [0.25, 0.3) is 0 Å². The highest BCUT2D eigenvalue weighted by Crippen LogP contribution is 2.21. The molecule has 0 saturated carbocycles. The smallest absolute Gasteiger partial charge is 0.240 e. The molecule has 0 saturated heterocycles. The molecule has 120 valence electrons. The summed E-state index contributed by atoms with van der Waals surface area (Å²) in [5.74, 6) is 0.266. The summed E-state index contributed by atoms with van der Waals surface area (Å²) in [5.41, 5.74) is 0.607. The fourth-order valence-corrected chi connectivity index (χ4v) is 3.66. The Labute approximate surface area is 131 Å². The van der Waals surface area contributed by atoms with Crippen molar-refractivity contribution in [3.05, 3.63) is 36.4 Å². The minimum absolute atomic E-state index is 0.0486. The molecule has 22 heavy (non-hydrogen) atoms.